The quantitative estimate of drug-likeness (QED) is 0.310. The Morgan fingerprint density at radius 1 is 1.10 bits per heavy atom. The van der Waals surface area contributed by atoms with Crippen LogP contribution in [0.25, 0.3) is 10.4 Å². The number of aromatic nitrogens is 2. The Hall–Kier alpha value is -3.58. The van der Waals surface area contributed by atoms with E-state index in [1.165, 1.54) is 17.5 Å². The molecule has 2 aromatic heterocycles. The van der Waals surface area contributed by atoms with Gasteiger partial charge in [0.1, 0.15) is 0 Å². The second kappa shape index (κ2) is 9.49. The third kappa shape index (κ3) is 4.95. The summed E-state index contributed by atoms with van der Waals surface area (Å²) in [7, 11) is 0. The minimum atomic E-state index is -0.513. The van der Waals surface area contributed by atoms with Crippen LogP contribution in [0.1, 0.15) is 22.8 Å². The van der Waals surface area contributed by atoms with Crippen LogP contribution < -0.4 is 4.80 Å². The average Bonchev–Trinajstić information content (AvgIpc) is 3.17. The van der Waals surface area contributed by atoms with Crippen molar-refractivity contribution in [2.24, 2.45) is 4.99 Å². The maximum absolute atomic E-state index is 14.3. The molecule has 0 aliphatic carbocycles. The van der Waals surface area contributed by atoms with E-state index < -0.39 is 5.95 Å². The number of esters is 1. The smallest absolute Gasteiger partial charge is 0.338 e. The van der Waals surface area contributed by atoms with Crippen LogP contribution in [-0.2, 0) is 11.3 Å². The van der Waals surface area contributed by atoms with Crippen LogP contribution in [0.3, 0.4) is 0 Å². The van der Waals surface area contributed by atoms with Gasteiger partial charge in [-0.25, -0.2) is 14.8 Å². The highest BCUT2D eigenvalue weighted by Crippen LogP contribution is 2.25. The molecule has 4 aromatic rings. The van der Waals surface area contributed by atoms with Crippen molar-refractivity contribution in [1.82, 2.24) is 9.55 Å². The van der Waals surface area contributed by atoms with Crippen molar-refractivity contribution < 1.29 is 13.9 Å². The van der Waals surface area contributed by atoms with Gasteiger partial charge in [0, 0.05) is 24.5 Å². The van der Waals surface area contributed by atoms with Crippen molar-refractivity contribution in [1.29, 1.82) is 0 Å². The van der Waals surface area contributed by atoms with E-state index >= 15 is 0 Å². The topological polar surface area (TPSA) is 56.5 Å². The summed E-state index contributed by atoms with van der Waals surface area (Å²) < 4.78 is 21.3. The SMILES string of the molecule is CCOC(=O)c1ccc(N=c2sc(-c3cccnc3F)cn2Cc2ccccc2)cc1. The molecular weight excluding hydrogens is 413 g/mol. The maximum atomic E-state index is 14.3. The van der Waals surface area contributed by atoms with Crippen LogP contribution >= 0.6 is 11.3 Å². The molecule has 5 nitrogen and oxygen atoms in total. The summed E-state index contributed by atoms with van der Waals surface area (Å²) in [5, 5.41) is 0. The summed E-state index contributed by atoms with van der Waals surface area (Å²) >= 11 is 1.38. The Morgan fingerprint density at radius 2 is 1.87 bits per heavy atom. The van der Waals surface area contributed by atoms with Crippen molar-refractivity contribution in [2.45, 2.75) is 13.5 Å². The minimum absolute atomic E-state index is 0.327. The first-order valence-electron chi connectivity index (χ1n) is 9.81. The molecule has 156 valence electrons. The molecule has 0 spiro atoms. The van der Waals surface area contributed by atoms with Gasteiger partial charge in [-0.15, -0.1) is 0 Å². The fraction of sp³-hybridized carbons (Fsp3) is 0.125. The van der Waals surface area contributed by atoms with Crippen LogP contribution in [0.5, 0.6) is 0 Å². The van der Waals surface area contributed by atoms with E-state index in [4.69, 9.17) is 9.73 Å². The number of carbonyl (C=O) groups excluding carboxylic acids is 1. The number of carbonyl (C=O) groups is 1. The van der Waals surface area contributed by atoms with Gasteiger partial charge in [-0.1, -0.05) is 41.7 Å². The van der Waals surface area contributed by atoms with Gasteiger partial charge < -0.3 is 9.30 Å². The number of hydrogen-bond donors (Lipinski definition) is 0. The Balaban J connectivity index is 1.74. The van der Waals surface area contributed by atoms with Gasteiger partial charge in [0.25, 0.3) is 0 Å². The van der Waals surface area contributed by atoms with Gasteiger partial charge in [-0.2, -0.15) is 4.39 Å². The zero-order chi connectivity index (χ0) is 21.6. The molecule has 31 heavy (non-hydrogen) atoms. The molecule has 4 rings (SSSR count). The van der Waals surface area contributed by atoms with Crippen molar-refractivity contribution in [3.63, 3.8) is 0 Å². The van der Waals surface area contributed by atoms with E-state index in [9.17, 15) is 9.18 Å². The lowest BCUT2D eigenvalue weighted by Gasteiger charge is -2.04. The summed E-state index contributed by atoms with van der Waals surface area (Å²) in [5.41, 5.74) is 2.71. The van der Waals surface area contributed by atoms with E-state index in [1.54, 1.807) is 43.3 Å². The van der Waals surface area contributed by atoms with E-state index in [1.807, 2.05) is 41.1 Å². The Kier molecular flexibility index (Phi) is 6.33. The summed E-state index contributed by atoms with van der Waals surface area (Å²) in [6, 6.07) is 20.3. The molecule has 7 heteroatoms. The first kappa shape index (κ1) is 20.7. The predicted molar refractivity (Wildman–Crippen MR) is 119 cm³/mol. The molecule has 0 fully saturated rings. The molecular formula is C24H20FN3O2S. The monoisotopic (exact) mass is 433 g/mol. The van der Waals surface area contributed by atoms with Gasteiger partial charge in [0.2, 0.25) is 5.95 Å². The number of benzene rings is 2. The van der Waals surface area contributed by atoms with Gasteiger partial charge in [0.05, 0.1) is 22.7 Å². The summed E-state index contributed by atoms with van der Waals surface area (Å²) in [6.45, 7) is 2.69. The molecule has 0 unspecified atom stereocenters. The number of rotatable bonds is 6. The Morgan fingerprint density at radius 3 is 2.58 bits per heavy atom. The second-order valence-electron chi connectivity index (χ2n) is 6.71. The van der Waals surface area contributed by atoms with Crippen molar-refractivity contribution in [3.05, 3.63) is 101 Å². The zero-order valence-electron chi connectivity index (χ0n) is 16.9. The molecule has 0 aliphatic rings. The van der Waals surface area contributed by atoms with Crippen molar-refractivity contribution in [3.8, 4) is 10.4 Å². The van der Waals surface area contributed by atoms with Crippen LogP contribution in [0, 0.1) is 5.95 Å². The molecule has 0 aliphatic heterocycles. The second-order valence-corrected chi connectivity index (χ2v) is 7.72. The van der Waals surface area contributed by atoms with E-state index in [0.29, 0.717) is 34.8 Å². The molecule has 0 bridgehead atoms. The van der Waals surface area contributed by atoms with E-state index in [-0.39, 0.29) is 5.97 Å². The van der Waals surface area contributed by atoms with Crippen molar-refractivity contribution in [2.75, 3.05) is 6.61 Å². The highest BCUT2D eigenvalue weighted by atomic mass is 32.1. The number of hydrogen-bond acceptors (Lipinski definition) is 5. The third-order valence-corrected chi connectivity index (χ3v) is 5.60. The number of halogens is 1. The molecule has 0 radical (unpaired) electrons. The standard InChI is InChI=1S/C24H20FN3O2S/c1-2-30-23(29)18-10-12-19(13-11-18)27-24-28(15-17-7-4-3-5-8-17)16-21(31-24)20-9-6-14-26-22(20)25/h3-14,16H,2,15H2,1H3. The molecule has 0 saturated carbocycles. The first-order chi connectivity index (χ1) is 15.1. The lowest BCUT2D eigenvalue weighted by molar-refractivity contribution is 0.0526. The minimum Gasteiger partial charge on any atom is -0.462 e. The lowest BCUT2D eigenvalue weighted by Crippen LogP contribution is -2.14. The summed E-state index contributed by atoms with van der Waals surface area (Å²) in [6.07, 6.45) is 3.32. The lowest BCUT2D eigenvalue weighted by atomic mass is 10.2. The summed E-state index contributed by atoms with van der Waals surface area (Å²) in [5.74, 6) is -0.875. The van der Waals surface area contributed by atoms with Gasteiger partial charge in [-0.05, 0) is 48.9 Å². The van der Waals surface area contributed by atoms with E-state index in [2.05, 4.69) is 4.98 Å². The Labute approximate surface area is 183 Å². The molecule has 2 aromatic carbocycles. The first-order valence-corrected chi connectivity index (χ1v) is 10.6. The fourth-order valence-electron chi connectivity index (χ4n) is 3.05. The molecule has 0 saturated heterocycles. The van der Waals surface area contributed by atoms with Crippen LogP contribution in [0.4, 0.5) is 10.1 Å². The van der Waals surface area contributed by atoms with Crippen molar-refractivity contribution >= 4 is 23.0 Å². The number of nitrogens with zero attached hydrogens (tertiary/aromatic N) is 3. The highest BCUT2D eigenvalue weighted by molar-refractivity contribution is 7.12. The third-order valence-electron chi connectivity index (χ3n) is 4.54. The molecule has 2 heterocycles. The molecule has 0 atom stereocenters. The zero-order valence-corrected chi connectivity index (χ0v) is 17.7. The van der Waals surface area contributed by atoms with Gasteiger partial charge in [-0.3, -0.25) is 0 Å². The number of thiazole rings is 1. The van der Waals surface area contributed by atoms with Gasteiger partial charge >= 0.3 is 5.97 Å². The van der Waals surface area contributed by atoms with Crippen LogP contribution in [-0.4, -0.2) is 22.1 Å². The largest absolute Gasteiger partial charge is 0.462 e. The predicted octanol–water partition coefficient (Wildman–Crippen LogP) is 5.21. The molecule has 0 N–H and O–H groups in total. The van der Waals surface area contributed by atoms with Crippen LogP contribution in [0.15, 0.2) is 84.1 Å². The average molecular weight is 434 g/mol. The van der Waals surface area contributed by atoms with Gasteiger partial charge in [0.15, 0.2) is 4.80 Å². The Bertz CT molecular complexity index is 1250. The van der Waals surface area contributed by atoms with Crippen LogP contribution in [0.2, 0.25) is 0 Å². The van der Waals surface area contributed by atoms with E-state index in [0.717, 1.165) is 10.4 Å². The molecule has 0 amide bonds. The maximum Gasteiger partial charge on any atom is 0.338 e. The number of ether oxygens (including phenoxy) is 1. The fourth-order valence-corrected chi connectivity index (χ4v) is 4.08. The normalized spacial score (nSPS) is 11.5. The number of pyridine rings is 1. The highest BCUT2D eigenvalue weighted by Gasteiger charge is 2.11. The summed E-state index contributed by atoms with van der Waals surface area (Å²) in [4.78, 5) is 21.8.